The van der Waals surface area contributed by atoms with Crippen molar-refractivity contribution in [1.82, 2.24) is 20.1 Å². The minimum atomic E-state index is -0.717. The molecule has 1 amide bonds. The van der Waals surface area contributed by atoms with Gasteiger partial charge in [0.15, 0.2) is 11.5 Å². The number of benzene rings is 2. The third kappa shape index (κ3) is 4.28. The molecule has 1 aromatic heterocycles. The number of anilines is 4. The lowest BCUT2D eigenvalue weighted by Crippen LogP contribution is -2.26. The summed E-state index contributed by atoms with van der Waals surface area (Å²) in [7, 11) is 2.09. The number of rotatable bonds is 5. The monoisotopic (exact) mass is 409 g/mol. The molecule has 2 aromatic carbocycles. The molecule has 0 atom stereocenters. The fourth-order valence-corrected chi connectivity index (χ4v) is 3.46. The van der Waals surface area contributed by atoms with Crippen LogP contribution in [0.4, 0.5) is 23.1 Å². The quantitative estimate of drug-likeness (QED) is 0.594. The van der Waals surface area contributed by atoms with Crippen LogP contribution >= 0.6 is 11.6 Å². The Balaban J connectivity index is 1.64. The van der Waals surface area contributed by atoms with E-state index in [-0.39, 0.29) is 17.5 Å². The molecular weight excluding hydrogens is 390 g/mol. The number of aromatic nitrogens is 3. The number of nitrogens with one attached hydrogen (secondary N) is 2. The van der Waals surface area contributed by atoms with Crippen molar-refractivity contribution in [2.24, 2.45) is 5.73 Å². The second-order valence-corrected chi connectivity index (χ2v) is 7.31. The number of para-hydroxylation sites is 1. The normalized spacial score (nSPS) is 13.6. The highest BCUT2D eigenvalue weighted by molar-refractivity contribution is 6.33. The SMILES string of the molecule is CN1CCc2cc(Nc3nnc(C(N)=O)c(Nc4ccccc4)n3)c(Cl)cc2C1. The molecule has 29 heavy (non-hydrogen) atoms. The van der Waals surface area contributed by atoms with Crippen LogP contribution in [0.5, 0.6) is 0 Å². The molecule has 3 aromatic rings. The first-order valence-corrected chi connectivity index (χ1v) is 9.51. The second-order valence-electron chi connectivity index (χ2n) is 6.90. The lowest BCUT2D eigenvalue weighted by atomic mass is 9.99. The van der Waals surface area contributed by atoms with Crippen molar-refractivity contribution >= 4 is 40.6 Å². The number of carbonyl (C=O) groups excluding carboxylic acids is 1. The molecule has 0 aliphatic carbocycles. The van der Waals surface area contributed by atoms with Crippen molar-refractivity contribution in [2.75, 3.05) is 24.2 Å². The van der Waals surface area contributed by atoms with Gasteiger partial charge in [-0.15, -0.1) is 10.2 Å². The molecule has 0 radical (unpaired) electrons. The summed E-state index contributed by atoms with van der Waals surface area (Å²) < 4.78 is 0. The van der Waals surface area contributed by atoms with E-state index in [1.807, 2.05) is 42.5 Å². The van der Waals surface area contributed by atoms with E-state index in [9.17, 15) is 4.79 Å². The third-order valence-electron chi connectivity index (χ3n) is 4.70. The number of nitrogens with zero attached hydrogens (tertiary/aromatic N) is 4. The zero-order valence-corrected chi connectivity index (χ0v) is 16.6. The Morgan fingerprint density at radius 1 is 1.14 bits per heavy atom. The molecule has 4 rings (SSSR count). The van der Waals surface area contributed by atoms with Crippen molar-refractivity contribution in [2.45, 2.75) is 13.0 Å². The van der Waals surface area contributed by atoms with Crippen LogP contribution in [-0.2, 0) is 13.0 Å². The highest BCUT2D eigenvalue weighted by atomic mass is 35.5. The summed E-state index contributed by atoms with van der Waals surface area (Å²) in [4.78, 5) is 18.4. The number of hydrogen-bond donors (Lipinski definition) is 3. The van der Waals surface area contributed by atoms with Crippen LogP contribution in [0.2, 0.25) is 5.02 Å². The molecule has 1 aliphatic heterocycles. The van der Waals surface area contributed by atoms with Crippen LogP contribution in [0.1, 0.15) is 21.6 Å². The Morgan fingerprint density at radius 3 is 2.69 bits per heavy atom. The molecule has 0 spiro atoms. The van der Waals surface area contributed by atoms with Crippen molar-refractivity contribution in [1.29, 1.82) is 0 Å². The molecule has 0 saturated heterocycles. The van der Waals surface area contributed by atoms with Gasteiger partial charge in [-0.3, -0.25) is 4.79 Å². The fourth-order valence-electron chi connectivity index (χ4n) is 3.23. The lowest BCUT2D eigenvalue weighted by molar-refractivity contribution is 0.0995. The van der Waals surface area contributed by atoms with Crippen molar-refractivity contribution < 1.29 is 4.79 Å². The molecule has 1 aliphatic rings. The van der Waals surface area contributed by atoms with Crippen LogP contribution < -0.4 is 16.4 Å². The van der Waals surface area contributed by atoms with Gasteiger partial charge in [-0.1, -0.05) is 29.8 Å². The predicted molar refractivity (Wildman–Crippen MR) is 113 cm³/mol. The maximum absolute atomic E-state index is 11.7. The lowest BCUT2D eigenvalue weighted by Gasteiger charge is -2.26. The average molecular weight is 410 g/mol. The van der Waals surface area contributed by atoms with Gasteiger partial charge in [0.1, 0.15) is 0 Å². The van der Waals surface area contributed by atoms with E-state index in [1.54, 1.807) is 0 Å². The van der Waals surface area contributed by atoms with Crippen molar-refractivity contribution in [3.8, 4) is 0 Å². The van der Waals surface area contributed by atoms with Crippen LogP contribution in [-0.4, -0.2) is 39.6 Å². The number of amides is 1. The first-order chi connectivity index (χ1) is 14.0. The molecule has 4 N–H and O–H groups in total. The Hall–Kier alpha value is -3.23. The number of primary amides is 1. The Morgan fingerprint density at radius 2 is 1.93 bits per heavy atom. The number of halogens is 1. The third-order valence-corrected chi connectivity index (χ3v) is 5.01. The first-order valence-electron chi connectivity index (χ1n) is 9.13. The van der Waals surface area contributed by atoms with Gasteiger partial charge >= 0.3 is 0 Å². The summed E-state index contributed by atoms with van der Waals surface area (Å²) in [5, 5.41) is 14.6. The van der Waals surface area contributed by atoms with Gasteiger partial charge < -0.3 is 21.3 Å². The first kappa shape index (κ1) is 19.1. The summed E-state index contributed by atoms with van der Waals surface area (Å²) in [6, 6.07) is 13.3. The number of fused-ring (bicyclic) bond motifs is 1. The average Bonchev–Trinajstić information content (AvgIpc) is 2.69. The molecule has 0 bridgehead atoms. The molecule has 148 valence electrons. The van der Waals surface area contributed by atoms with Gasteiger partial charge in [-0.2, -0.15) is 4.98 Å². The molecule has 0 unspecified atom stereocenters. The summed E-state index contributed by atoms with van der Waals surface area (Å²) in [5.41, 5.74) is 9.26. The van der Waals surface area contributed by atoms with E-state index in [0.717, 1.165) is 25.2 Å². The Labute approximate surface area is 173 Å². The van der Waals surface area contributed by atoms with E-state index >= 15 is 0 Å². The largest absolute Gasteiger partial charge is 0.364 e. The second kappa shape index (κ2) is 8.02. The van der Waals surface area contributed by atoms with Crippen LogP contribution in [0.25, 0.3) is 0 Å². The molecule has 9 heteroatoms. The van der Waals surface area contributed by atoms with Gasteiger partial charge in [-0.25, -0.2) is 0 Å². The summed E-state index contributed by atoms with van der Waals surface area (Å²) >= 11 is 6.46. The number of likely N-dealkylation sites (N-methyl/N-ethyl adjacent to an activating group) is 1. The summed E-state index contributed by atoms with van der Waals surface area (Å²) in [6.07, 6.45) is 0.943. The summed E-state index contributed by atoms with van der Waals surface area (Å²) in [5.74, 6) is -0.286. The zero-order valence-electron chi connectivity index (χ0n) is 15.8. The van der Waals surface area contributed by atoms with Gasteiger partial charge in [0.25, 0.3) is 5.91 Å². The van der Waals surface area contributed by atoms with Gasteiger partial charge in [0, 0.05) is 18.8 Å². The molecule has 0 saturated carbocycles. The van der Waals surface area contributed by atoms with Gasteiger partial charge in [-0.05, 0) is 48.9 Å². The molecule has 2 heterocycles. The van der Waals surface area contributed by atoms with E-state index in [4.69, 9.17) is 17.3 Å². The minimum Gasteiger partial charge on any atom is -0.364 e. The minimum absolute atomic E-state index is 0.0426. The molecule has 8 nitrogen and oxygen atoms in total. The number of nitrogens with two attached hydrogens (primary N) is 1. The smallest absolute Gasteiger partial charge is 0.273 e. The molecule has 0 fully saturated rings. The van der Waals surface area contributed by atoms with E-state index in [0.29, 0.717) is 10.7 Å². The Kier molecular flexibility index (Phi) is 5.28. The number of hydrogen-bond acceptors (Lipinski definition) is 7. The zero-order chi connectivity index (χ0) is 20.4. The topological polar surface area (TPSA) is 109 Å². The van der Waals surface area contributed by atoms with Crippen molar-refractivity contribution in [3.05, 3.63) is 64.3 Å². The summed E-state index contributed by atoms with van der Waals surface area (Å²) in [6.45, 7) is 1.86. The maximum Gasteiger partial charge on any atom is 0.273 e. The maximum atomic E-state index is 11.7. The Bertz CT molecular complexity index is 1060. The van der Waals surface area contributed by atoms with Crippen molar-refractivity contribution in [3.63, 3.8) is 0 Å². The van der Waals surface area contributed by atoms with Crippen LogP contribution in [0.15, 0.2) is 42.5 Å². The predicted octanol–water partition coefficient (Wildman–Crippen LogP) is 3.10. The van der Waals surface area contributed by atoms with E-state index < -0.39 is 5.91 Å². The van der Waals surface area contributed by atoms with Gasteiger partial charge in [0.05, 0.1) is 10.7 Å². The molecular formula is C20H20ClN7O. The fraction of sp³-hybridized carbons (Fsp3) is 0.200. The highest BCUT2D eigenvalue weighted by Crippen LogP contribution is 2.31. The van der Waals surface area contributed by atoms with E-state index in [1.165, 1.54) is 11.1 Å². The van der Waals surface area contributed by atoms with Crippen LogP contribution in [0, 0.1) is 0 Å². The highest BCUT2D eigenvalue weighted by Gasteiger charge is 2.18. The van der Waals surface area contributed by atoms with Crippen LogP contribution in [0.3, 0.4) is 0 Å². The van der Waals surface area contributed by atoms with Gasteiger partial charge in [0.2, 0.25) is 5.95 Å². The number of carbonyl (C=O) groups is 1. The standard InChI is InChI=1S/C20H20ClN7O/c1-28-8-7-12-10-16(15(21)9-13(12)11-28)24-20-25-19(17(18(22)29)26-27-20)23-14-5-3-2-4-6-14/h2-6,9-10H,7-8,11H2,1H3,(H2,22,29)(H2,23,24,25,27). The van der Waals surface area contributed by atoms with E-state index in [2.05, 4.69) is 37.8 Å².